The molecule has 1 aromatic heterocycles. The predicted octanol–water partition coefficient (Wildman–Crippen LogP) is 3.57. The Morgan fingerprint density at radius 2 is 2.21 bits per heavy atom. The molecule has 1 aromatic carbocycles. The molecule has 0 atom stereocenters. The van der Waals surface area contributed by atoms with E-state index in [1.54, 1.807) is 23.1 Å². The van der Waals surface area contributed by atoms with Gasteiger partial charge in [0.25, 0.3) is 5.91 Å². The zero-order valence-corrected chi connectivity index (χ0v) is 11.4. The Labute approximate surface area is 116 Å². The van der Waals surface area contributed by atoms with Gasteiger partial charge in [0, 0.05) is 17.9 Å². The lowest BCUT2D eigenvalue weighted by atomic mass is 10.2. The standard InChI is InChI=1S/C14H15ClN2O2/c1-2-7-17(11-5-3-4-10(16)9-11)14(18)12-6-8-19-13(12)15/h3-6,8-9H,2,7,16H2,1H3. The van der Waals surface area contributed by atoms with E-state index in [0.29, 0.717) is 17.8 Å². The second-order valence-electron chi connectivity index (χ2n) is 4.16. The molecule has 2 aromatic rings. The maximum atomic E-state index is 12.5. The van der Waals surface area contributed by atoms with Crippen molar-refractivity contribution in [1.29, 1.82) is 0 Å². The Morgan fingerprint density at radius 3 is 2.79 bits per heavy atom. The van der Waals surface area contributed by atoms with Crippen LogP contribution in [0.1, 0.15) is 23.7 Å². The summed E-state index contributed by atoms with van der Waals surface area (Å²) in [7, 11) is 0. The van der Waals surface area contributed by atoms with Crippen LogP contribution in [0, 0.1) is 0 Å². The van der Waals surface area contributed by atoms with Crippen LogP contribution >= 0.6 is 11.6 Å². The lowest BCUT2D eigenvalue weighted by Gasteiger charge is -2.22. The van der Waals surface area contributed by atoms with Crippen molar-refractivity contribution in [3.8, 4) is 0 Å². The van der Waals surface area contributed by atoms with Crippen molar-refractivity contribution >= 4 is 28.9 Å². The summed E-state index contributed by atoms with van der Waals surface area (Å²) in [4.78, 5) is 14.1. The molecular formula is C14H15ClN2O2. The van der Waals surface area contributed by atoms with E-state index < -0.39 is 0 Å². The van der Waals surface area contributed by atoms with Crippen LogP contribution in [0.2, 0.25) is 5.22 Å². The van der Waals surface area contributed by atoms with Crippen LogP contribution in [-0.4, -0.2) is 12.5 Å². The number of hydrogen-bond acceptors (Lipinski definition) is 3. The van der Waals surface area contributed by atoms with Gasteiger partial charge in [-0.05, 0) is 42.3 Å². The Hall–Kier alpha value is -1.94. The van der Waals surface area contributed by atoms with Gasteiger partial charge >= 0.3 is 0 Å². The molecule has 5 heteroatoms. The summed E-state index contributed by atoms with van der Waals surface area (Å²) in [6, 6.07) is 8.78. The molecule has 0 aliphatic carbocycles. The molecule has 1 heterocycles. The maximum absolute atomic E-state index is 12.5. The SMILES string of the molecule is CCCN(C(=O)c1ccoc1Cl)c1cccc(N)c1. The van der Waals surface area contributed by atoms with Crippen LogP contribution in [0.3, 0.4) is 0 Å². The number of amides is 1. The number of furan rings is 1. The summed E-state index contributed by atoms with van der Waals surface area (Å²) in [5.74, 6) is -0.189. The zero-order chi connectivity index (χ0) is 13.8. The summed E-state index contributed by atoms with van der Waals surface area (Å²) >= 11 is 5.86. The highest BCUT2D eigenvalue weighted by Gasteiger charge is 2.21. The van der Waals surface area contributed by atoms with E-state index in [2.05, 4.69) is 0 Å². The number of benzene rings is 1. The van der Waals surface area contributed by atoms with Gasteiger partial charge < -0.3 is 15.1 Å². The summed E-state index contributed by atoms with van der Waals surface area (Å²) in [6.07, 6.45) is 2.23. The quantitative estimate of drug-likeness (QED) is 0.870. The van der Waals surface area contributed by atoms with E-state index in [0.717, 1.165) is 12.1 Å². The number of rotatable bonds is 4. The van der Waals surface area contributed by atoms with Crippen molar-refractivity contribution in [2.45, 2.75) is 13.3 Å². The molecule has 0 aliphatic heterocycles. The lowest BCUT2D eigenvalue weighted by Crippen LogP contribution is -2.31. The van der Waals surface area contributed by atoms with Crippen molar-refractivity contribution in [2.75, 3.05) is 17.2 Å². The van der Waals surface area contributed by atoms with E-state index in [1.165, 1.54) is 6.26 Å². The van der Waals surface area contributed by atoms with E-state index >= 15 is 0 Å². The first kappa shape index (κ1) is 13.5. The van der Waals surface area contributed by atoms with Crippen LogP contribution in [0.4, 0.5) is 11.4 Å². The Morgan fingerprint density at radius 1 is 1.42 bits per heavy atom. The van der Waals surface area contributed by atoms with Crippen molar-refractivity contribution in [3.05, 3.63) is 47.4 Å². The summed E-state index contributed by atoms with van der Waals surface area (Å²) in [6.45, 7) is 2.59. The molecule has 0 fully saturated rings. The smallest absolute Gasteiger partial charge is 0.263 e. The highest BCUT2D eigenvalue weighted by Crippen LogP contribution is 2.24. The first-order chi connectivity index (χ1) is 9.13. The van der Waals surface area contributed by atoms with Gasteiger partial charge in [-0.3, -0.25) is 4.79 Å². The number of nitrogen functional groups attached to an aromatic ring is 1. The number of hydrogen-bond donors (Lipinski definition) is 1. The molecule has 0 unspecified atom stereocenters. The van der Waals surface area contributed by atoms with Gasteiger partial charge in [-0.15, -0.1) is 0 Å². The van der Waals surface area contributed by atoms with E-state index in [9.17, 15) is 4.79 Å². The highest BCUT2D eigenvalue weighted by atomic mass is 35.5. The van der Waals surface area contributed by atoms with Crippen molar-refractivity contribution < 1.29 is 9.21 Å². The molecule has 0 spiro atoms. The third-order valence-electron chi connectivity index (χ3n) is 2.72. The van der Waals surface area contributed by atoms with Crippen LogP contribution in [0.15, 0.2) is 41.0 Å². The molecule has 0 saturated carbocycles. The fourth-order valence-electron chi connectivity index (χ4n) is 1.86. The molecule has 0 saturated heterocycles. The number of nitrogens with two attached hydrogens (primary N) is 1. The molecule has 2 N–H and O–H groups in total. The number of halogens is 1. The molecule has 4 nitrogen and oxygen atoms in total. The van der Waals surface area contributed by atoms with Crippen molar-refractivity contribution in [3.63, 3.8) is 0 Å². The monoisotopic (exact) mass is 278 g/mol. The number of nitrogens with zero attached hydrogens (tertiary/aromatic N) is 1. The summed E-state index contributed by atoms with van der Waals surface area (Å²) < 4.78 is 4.97. The molecule has 100 valence electrons. The molecule has 0 aliphatic rings. The number of carbonyl (C=O) groups excluding carboxylic acids is 1. The van der Waals surface area contributed by atoms with E-state index in [4.69, 9.17) is 21.8 Å². The molecule has 19 heavy (non-hydrogen) atoms. The minimum atomic E-state index is -0.189. The third kappa shape index (κ3) is 2.90. The van der Waals surface area contributed by atoms with Gasteiger partial charge in [0.1, 0.15) is 0 Å². The minimum absolute atomic E-state index is 0.106. The Balaban J connectivity index is 2.35. The summed E-state index contributed by atoms with van der Waals surface area (Å²) in [5, 5.41) is 0.106. The van der Waals surface area contributed by atoms with Gasteiger partial charge in [0.2, 0.25) is 5.22 Å². The fraction of sp³-hybridized carbons (Fsp3) is 0.214. The Bertz CT molecular complexity index is 580. The lowest BCUT2D eigenvalue weighted by molar-refractivity contribution is 0.0986. The first-order valence-electron chi connectivity index (χ1n) is 6.04. The fourth-order valence-corrected chi connectivity index (χ4v) is 2.05. The zero-order valence-electron chi connectivity index (χ0n) is 10.6. The highest BCUT2D eigenvalue weighted by molar-refractivity contribution is 6.32. The molecule has 0 radical (unpaired) electrons. The Kier molecular flexibility index (Phi) is 4.12. The topological polar surface area (TPSA) is 59.5 Å². The van der Waals surface area contributed by atoms with Gasteiger partial charge in [-0.1, -0.05) is 13.0 Å². The second kappa shape index (κ2) is 5.80. The van der Waals surface area contributed by atoms with Crippen molar-refractivity contribution in [1.82, 2.24) is 0 Å². The van der Waals surface area contributed by atoms with Gasteiger partial charge in [-0.25, -0.2) is 0 Å². The molecular weight excluding hydrogens is 264 g/mol. The van der Waals surface area contributed by atoms with Gasteiger partial charge in [0.15, 0.2) is 0 Å². The van der Waals surface area contributed by atoms with Crippen LogP contribution < -0.4 is 10.6 Å². The largest absolute Gasteiger partial charge is 0.452 e. The number of carbonyl (C=O) groups is 1. The van der Waals surface area contributed by atoms with Crippen molar-refractivity contribution in [2.24, 2.45) is 0 Å². The van der Waals surface area contributed by atoms with E-state index in [-0.39, 0.29) is 11.1 Å². The van der Waals surface area contributed by atoms with Gasteiger partial charge in [-0.2, -0.15) is 0 Å². The predicted molar refractivity (Wildman–Crippen MR) is 76.5 cm³/mol. The van der Waals surface area contributed by atoms with Crippen LogP contribution in [0.5, 0.6) is 0 Å². The molecule has 0 bridgehead atoms. The van der Waals surface area contributed by atoms with E-state index in [1.807, 2.05) is 19.1 Å². The average molecular weight is 279 g/mol. The van der Waals surface area contributed by atoms with Crippen LogP contribution in [0.25, 0.3) is 0 Å². The molecule has 1 amide bonds. The molecule has 2 rings (SSSR count). The third-order valence-corrected chi connectivity index (χ3v) is 3.02. The van der Waals surface area contributed by atoms with Gasteiger partial charge in [0.05, 0.1) is 11.8 Å². The average Bonchev–Trinajstić information content (AvgIpc) is 2.81. The maximum Gasteiger partial charge on any atom is 0.263 e. The van der Waals surface area contributed by atoms with Crippen LogP contribution in [-0.2, 0) is 0 Å². The first-order valence-corrected chi connectivity index (χ1v) is 6.41. The number of anilines is 2. The second-order valence-corrected chi connectivity index (χ2v) is 4.50. The minimum Gasteiger partial charge on any atom is -0.452 e. The summed E-state index contributed by atoms with van der Waals surface area (Å²) in [5.41, 5.74) is 7.49. The normalized spacial score (nSPS) is 10.4.